The Bertz CT molecular complexity index is 483. The molecule has 0 amide bonds. The van der Waals surface area contributed by atoms with Crippen molar-refractivity contribution >= 4 is 18.0 Å². The van der Waals surface area contributed by atoms with Crippen LogP contribution in [0, 0.1) is 5.92 Å². The molecule has 4 nitrogen and oxygen atoms in total. The molecule has 0 atom stereocenters. The van der Waals surface area contributed by atoms with Gasteiger partial charge in [-0.05, 0) is 42.5 Å². The molecule has 0 bridgehead atoms. The number of hydrogen-bond donors (Lipinski definition) is 0. The first-order chi connectivity index (χ1) is 9.19. The van der Waals surface area contributed by atoms with Crippen LogP contribution in [0.25, 0.3) is 6.08 Å². The Kier molecular flexibility index (Phi) is 4.34. The second-order valence-electron chi connectivity index (χ2n) is 4.52. The van der Waals surface area contributed by atoms with E-state index in [1.54, 1.807) is 30.3 Å². The van der Waals surface area contributed by atoms with Gasteiger partial charge in [0, 0.05) is 6.08 Å². The van der Waals surface area contributed by atoms with Gasteiger partial charge < -0.3 is 9.47 Å². The summed E-state index contributed by atoms with van der Waals surface area (Å²) in [4.78, 5) is 22.6. The monoisotopic (exact) mass is 260 g/mol. The van der Waals surface area contributed by atoms with E-state index in [0.717, 1.165) is 18.4 Å². The molecule has 0 spiro atoms. The Morgan fingerprint density at radius 3 is 2.53 bits per heavy atom. The fraction of sp³-hybridized carbons (Fsp3) is 0.333. The maximum absolute atomic E-state index is 11.4. The van der Waals surface area contributed by atoms with E-state index in [2.05, 4.69) is 4.74 Å². The van der Waals surface area contributed by atoms with E-state index in [4.69, 9.17) is 4.74 Å². The lowest BCUT2D eigenvalue weighted by molar-refractivity contribution is -0.138. The first kappa shape index (κ1) is 13.3. The molecule has 0 saturated heterocycles. The van der Waals surface area contributed by atoms with Gasteiger partial charge in [-0.15, -0.1) is 0 Å². The molecule has 19 heavy (non-hydrogen) atoms. The van der Waals surface area contributed by atoms with Crippen LogP contribution in [-0.2, 0) is 14.3 Å². The number of hydrogen-bond acceptors (Lipinski definition) is 4. The van der Waals surface area contributed by atoms with Gasteiger partial charge in [-0.3, -0.25) is 0 Å². The predicted octanol–water partition coefficient (Wildman–Crippen LogP) is 2.44. The Balaban J connectivity index is 1.87. The van der Waals surface area contributed by atoms with Gasteiger partial charge in [0.25, 0.3) is 0 Å². The van der Waals surface area contributed by atoms with E-state index in [1.165, 1.54) is 13.2 Å². The lowest BCUT2D eigenvalue weighted by Crippen LogP contribution is -2.03. The second-order valence-corrected chi connectivity index (χ2v) is 4.52. The Morgan fingerprint density at radius 1 is 1.26 bits per heavy atom. The molecule has 0 heterocycles. The SMILES string of the molecule is COC(=O)c1ccc(C=CC(=O)OCC2CC2)cc1. The van der Waals surface area contributed by atoms with E-state index >= 15 is 0 Å². The topological polar surface area (TPSA) is 52.6 Å². The van der Waals surface area contributed by atoms with Crippen LogP contribution in [0.2, 0.25) is 0 Å². The lowest BCUT2D eigenvalue weighted by atomic mass is 10.1. The van der Waals surface area contributed by atoms with Crippen molar-refractivity contribution in [2.75, 3.05) is 13.7 Å². The number of carbonyl (C=O) groups is 2. The van der Waals surface area contributed by atoms with Crippen LogP contribution in [0.5, 0.6) is 0 Å². The zero-order chi connectivity index (χ0) is 13.7. The maximum atomic E-state index is 11.4. The molecule has 0 unspecified atom stereocenters. The van der Waals surface area contributed by atoms with Crippen LogP contribution >= 0.6 is 0 Å². The van der Waals surface area contributed by atoms with E-state index < -0.39 is 0 Å². The van der Waals surface area contributed by atoms with Crippen molar-refractivity contribution in [3.05, 3.63) is 41.5 Å². The fourth-order valence-corrected chi connectivity index (χ4v) is 1.55. The molecule has 1 aliphatic carbocycles. The molecule has 1 aromatic carbocycles. The summed E-state index contributed by atoms with van der Waals surface area (Å²) in [6.45, 7) is 0.518. The van der Waals surface area contributed by atoms with Gasteiger partial charge in [-0.1, -0.05) is 12.1 Å². The average molecular weight is 260 g/mol. The largest absolute Gasteiger partial charge is 0.465 e. The molecule has 100 valence electrons. The van der Waals surface area contributed by atoms with Gasteiger partial charge in [0.1, 0.15) is 0 Å². The van der Waals surface area contributed by atoms with Crippen molar-refractivity contribution in [2.24, 2.45) is 5.92 Å². The van der Waals surface area contributed by atoms with Gasteiger partial charge >= 0.3 is 11.9 Å². The van der Waals surface area contributed by atoms with Crippen LogP contribution in [0.4, 0.5) is 0 Å². The minimum absolute atomic E-state index is 0.330. The molecule has 1 saturated carbocycles. The number of rotatable bonds is 5. The Morgan fingerprint density at radius 2 is 1.95 bits per heavy atom. The number of esters is 2. The lowest BCUT2D eigenvalue weighted by Gasteiger charge is -2.00. The minimum atomic E-state index is -0.376. The van der Waals surface area contributed by atoms with E-state index in [0.29, 0.717) is 18.1 Å². The highest BCUT2D eigenvalue weighted by Gasteiger charge is 2.22. The van der Waals surface area contributed by atoms with Crippen molar-refractivity contribution in [2.45, 2.75) is 12.8 Å². The van der Waals surface area contributed by atoms with Crippen LogP contribution in [0.15, 0.2) is 30.3 Å². The molecular weight excluding hydrogens is 244 g/mol. The maximum Gasteiger partial charge on any atom is 0.337 e. The van der Waals surface area contributed by atoms with Crippen molar-refractivity contribution in [3.8, 4) is 0 Å². The molecule has 1 aliphatic rings. The summed E-state index contributed by atoms with van der Waals surface area (Å²) in [5.74, 6) is -0.139. The van der Waals surface area contributed by atoms with Crippen LogP contribution in [-0.4, -0.2) is 25.7 Å². The molecule has 0 radical (unpaired) electrons. The van der Waals surface area contributed by atoms with Gasteiger partial charge in [0.15, 0.2) is 0 Å². The number of benzene rings is 1. The normalized spacial score (nSPS) is 14.4. The molecule has 0 aliphatic heterocycles. The molecule has 4 heteroatoms. The second kappa shape index (κ2) is 6.18. The van der Waals surface area contributed by atoms with Crippen LogP contribution in [0.3, 0.4) is 0 Å². The number of methoxy groups -OCH3 is 1. The highest BCUT2D eigenvalue weighted by atomic mass is 16.5. The van der Waals surface area contributed by atoms with E-state index in [9.17, 15) is 9.59 Å². The van der Waals surface area contributed by atoms with Crippen molar-refractivity contribution in [3.63, 3.8) is 0 Å². The quantitative estimate of drug-likeness (QED) is 0.602. The molecular formula is C15H16O4. The van der Waals surface area contributed by atoms with Crippen LogP contribution < -0.4 is 0 Å². The summed E-state index contributed by atoms with van der Waals surface area (Å²) in [7, 11) is 1.34. The zero-order valence-corrected chi connectivity index (χ0v) is 10.8. The van der Waals surface area contributed by atoms with E-state index in [1.807, 2.05) is 0 Å². The Labute approximate surface area is 112 Å². The third-order valence-corrected chi connectivity index (χ3v) is 2.90. The fourth-order valence-electron chi connectivity index (χ4n) is 1.55. The number of ether oxygens (including phenoxy) is 2. The van der Waals surface area contributed by atoms with E-state index in [-0.39, 0.29) is 11.9 Å². The Hall–Kier alpha value is -2.10. The summed E-state index contributed by atoms with van der Waals surface area (Å²) in [5, 5.41) is 0. The molecule has 1 fully saturated rings. The first-order valence-electron chi connectivity index (χ1n) is 6.22. The van der Waals surface area contributed by atoms with Crippen molar-refractivity contribution < 1.29 is 19.1 Å². The standard InChI is InChI=1S/C15H16O4/c1-18-15(17)13-7-4-11(5-8-13)6-9-14(16)19-10-12-2-3-12/h4-9,12H,2-3,10H2,1H3. The summed E-state index contributed by atoms with van der Waals surface area (Å²) in [6, 6.07) is 6.80. The third-order valence-electron chi connectivity index (χ3n) is 2.90. The van der Waals surface area contributed by atoms with Crippen molar-refractivity contribution in [1.82, 2.24) is 0 Å². The van der Waals surface area contributed by atoms with Gasteiger partial charge in [0.05, 0.1) is 19.3 Å². The smallest absolute Gasteiger partial charge is 0.337 e. The highest BCUT2D eigenvalue weighted by molar-refractivity contribution is 5.90. The summed E-state index contributed by atoms with van der Waals surface area (Å²) >= 11 is 0. The number of carbonyl (C=O) groups excluding carboxylic acids is 2. The van der Waals surface area contributed by atoms with Gasteiger partial charge in [-0.25, -0.2) is 9.59 Å². The first-order valence-corrected chi connectivity index (χ1v) is 6.22. The molecule has 1 aromatic rings. The summed E-state index contributed by atoms with van der Waals surface area (Å²) in [5.41, 5.74) is 1.31. The molecule has 0 aromatic heterocycles. The summed E-state index contributed by atoms with van der Waals surface area (Å²) < 4.78 is 9.67. The molecule has 2 rings (SSSR count). The minimum Gasteiger partial charge on any atom is -0.465 e. The van der Waals surface area contributed by atoms with Crippen molar-refractivity contribution in [1.29, 1.82) is 0 Å². The predicted molar refractivity (Wildman–Crippen MR) is 70.5 cm³/mol. The molecule has 0 N–H and O–H groups in total. The third kappa shape index (κ3) is 4.25. The highest BCUT2D eigenvalue weighted by Crippen LogP contribution is 2.28. The zero-order valence-electron chi connectivity index (χ0n) is 10.8. The van der Waals surface area contributed by atoms with Crippen LogP contribution in [0.1, 0.15) is 28.8 Å². The average Bonchev–Trinajstić information content (AvgIpc) is 3.26. The van der Waals surface area contributed by atoms with Gasteiger partial charge in [0.2, 0.25) is 0 Å². The summed E-state index contributed by atoms with van der Waals surface area (Å²) in [6.07, 6.45) is 5.38. The van der Waals surface area contributed by atoms with Gasteiger partial charge in [-0.2, -0.15) is 0 Å².